The topological polar surface area (TPSA) is 25.4 Å². The fraction of sp³-hybridized carbons (Fsp3) is 0.545. The van der Waals surface area contributed by atoms with Gasteiger partial charge in [-0.2, -0.15) is 13.2 Å². The minimum absolute atomic E-state index is 0.00539. The Kier molecular flexibility index (Phi) is 4.34. The van der Waals surface area contributed by atoms with E-state index in [0.29, 0.717) is 0 Å². The molecule has 1 atom stereocenters. The van der Waals surface area contributed by atoms with Gasteiger partial charge in [0.2, 0.25) is 12.0 Å². The Morgan fingerprint density at radius 1 is 1.41 bits per heavy atom. The van der Waals surface area contributed by atoms with Crippen molar-refractivity contribution in [3.8, 4) is 5.88 Å². The zero-order chi connectivity index (χ0) is 13.1. The highest BCUT2D eigenvalue weighted by atomic mass is 19.4. The number of hydrogen-bond donors (Lipinski definition) is 0. The van der Waals surface area contributed by atoms with Gasteiger partial charge in [0, 0.05) is 18.8 Å². The van der Waals surface area contributed by atoms with Gasteiger partial charge in [-0.05, 0) is 32.6 Å². The number of likely N-dealkylation sites (N-methyl/N-ethyl adjacent to an activating group) is 1. The van der Waals surface area contributed by atoms with Gasteiger partial charge in [0.05, 0.1) is 0 Å². The summed E-state index contributed by atoms with van der Waals surface area (Å²) in [6.45, 7) is 1.53. The maximum Gasteiger partial charge on any atom is 0.426 e. The highest BCUT2D eigenvalue weighted by Crippen LogP contribution is 2.25. The molecule has 1 aromatic heterocycles. The number of rotatable bonds is 4. The summed E-state index contributed by atoms with van der Waals surface area (Å²) in [5.41, 5.74) is 0.806. The molecule has 0 saturated carbocycles. The lowest BCUT2D eigenvalue weighted by Gasteiger charge is -2.24. The first-order valence-electron chi connectivity index (χ1n) is 5.10. The normalized spacial score (nSPS) is 13.8. The third kappa shape index (κ3) is 4.60. The van der Waals surface area contributed by atoms with Crippen molar-refractivity contribution in [3.63, 3.8) is 0 Å². The molecule has 0 N–H and O–H groups in total. The van der Waals surface area contributed by atoms with Crippen LogP contribution in [0.15, 0.2) is 18.3 Å². The number of nitrogens with zero attached hydrogens (tertiary/aromatic N) is 2. The fourth-order valence-electron chi connectivity index (χ4n) is 1.26. The summed E-state index contributed by atoms with van der Waals surface area (Å²) in [4.78, 5) is 5.18. The van der Waals surface area contributed by atoms with Crippen molar-refractivity contribution in [1.29, 1.82) is 0 Å². The fourth-order valence-corrected chi connectivity index (χ4v) is 1.26. The van der Waals surface area contributed by atoms with Gasteiger partial charge >= 0.3 is 6.18 Å². The van der Waals surface area contributed by atoms with Gasteiger partial charge < -0.3 is 9.64 Å². The molecular formula is C11H15F3N2O. The van der Waals surface area contributed by atoms with Crippen molar-refractivity contribution in [2.24, 2.45) is 0 Å². The predicted molar refractivity (Wildman–Crippen MR) is 58.0 cm³/mol. The van der Waals surface area contributed by atoms with Crippen LogP contribution in [0.5, 0.6) is 5.88 Å². The van der Waals surface area contributed by atoms with E-state index in [4.69, 9.17) is 4.74 Å². The van der Waals surface area contributed by atoms with E-state index in [1.54, 1.807) is 27.1 Å². The van der Waals surface area contributed by atoms with Gasteiger partial charge in [-0.3, -0.25) is 0 Å². The maximum atomic E-state index is 12.7. The molecule has 0 aromatic carbocycles. The molecule has 17 heavy (non-hydrogen) atoms. The first kappa shape index (κ1) is 13.8. The third-order valence-electron chi connectivity index (χ3n) is 2.05. The number of alkyl halides is 3. The molecule has 0 radical (unpaired) electrons. The molecule has 3 nitrogen and oxygen atoms in total. The standard InChI is InChI=1S/C11H15F3N2O/c1-8-4-5-15-10(6-8)17-9(7-16(2)3)11(12,13)14/h4-6,9H,7H2,1-3H3/t9-/m1/s1. The van der Waals surface area contributed by atoms with Crippen molar-refractivity contribution in [1.82, 2.24) is 9.88 Å². The zero-order valence-electron chi connectivity index (χ0n) is 9.95. The number of pyridine rings is 1. The largest absolute Gasteiger partial charge is 0.463 e. The highest BCUT2D eigenvalue weighted by molar-refractivity contribution is 5.19. The number of ether oxygens (including phenoxy) is 1. The van der Waals surface area contributed by atoms with Crippen LogP contribution < -0.4 is 4.74 Å². The summed E-state index contributed by atoms with van der Waals surface area (Å²) in [6.07, 6.45) is -4.85. The number of aromatic nitrogens is 1. The van der Waals surface area contributed by atoms with E-state index in [1.807, 2.05) is 0 Å². The van der Waals surface area contributed by atoms with E-state index < -0.39 is 12.3 Å². The van der Waals surface area contributed by atoms with E-state index in [-0.39, 0.29) is 12.4 Å². The van der Waals surface area contributed by atoms with Crippen molar-refractivity contribution < 1.29 is 17.9 Å². The smallest absolute Gasteiger partial charge is 0.426 e. The first-order chi connectivity index (χ1) is 7.79. The molecule has 0 bridgehead atoms. The Morgan fingerprint density at radius 2 is 2.06 bits per heavy atom. The second kappa shape index (κ2) is 5.35. The molecule has 0 aliphatic carbocycles. The van der Waals surface area contributed by atoms with Gasteiger partial charge in [0.1, 0.15) is 0 Å². The lowest BCUT2D eigenvalue weighted by Crippen LogP contribution is -2.42. The molecule has 6 heteroatoms. The van der Waals surface area contributed by atoms with Crippen molar-refractivity contribution in [2.75, 3.05) is 20.6 Å². The summed E-state index contributed by atoms with van der Waals surface area (Å²) in [6, 6.07) is 3.18. The van der Waals surface area contributed by atoms with E-state index in [0.717, 1.165) is 5.56 Å². The molecule has 0 unspecified atom stereocenters. The Bertz CT molecular complexity index is 366. The molecule has 0 fully saturated rings. The minimum atomic E-state index is -4.41. The molecule has 96 valence electrons. The van der Waals surface area contributed by atoms with Crippen LogP contribution in [0.2, 0.25) is 0 Å². The van der Waals surface area contributed by atoms with Gasteiger partial charge in [0.15, 0.2) is 0 Å². The Labute approximate surface area is 98.2 Å². The van der Waals surface area contributed by atoms with Gasteiger partial charge in [-0.1, -0.05) is 0 Å². The van der Waals surface area contributed by atoms with Crippen molar-refractivity contribution in [2.45, 2.75) is 19.2 Å². The lowest BCUT2D eigenvalue weighted by molar-refractivity contribution is -0.198. The summed E-state index contributed by atoms with van der Waals surface area (Å²) in [5.74, 6) is -0.00539. The molecule has 1 heterocycles. The molecule has 0 aliphatic heterocycles. The van der Waals surface area contributed by atoms with Crippen LogP contribution in [0.1, 0.15) is 5.56 Å². The molecular weight excluding hydrogens is 233 g/mol. The molecule has 0 saturated heterocycles. The van der Waals surface area contributed by atoms with Crippen molar-refractivity contribution >= 4 is 0 Å². The van der Waals surface area contributed by atoms with E-state index in [2.05, 4.69) is 4.98 Å². The molecule has 0 aliphatic rings. The number of aryl methyl sites for hydroxylation is 1. The van der Waals surface area contributed by atoms with Crippen LogP contribution in [0.25, 0.3) is 0 Å². The third-order valence-corrected chi connectivity index (χ3v) is 2.05. The maximum absolute atomic E-state index is 12.7. The summed E-state index contributed by atoms with van der Waals surface area (Å²) in [5, 5.41) is 0. The first-order valence-corrected chi connectivity index (χ1v) is 5.10. The highest BCUT2D eigenvalue weighted by Gasteiger charge is 2.42. The second-order valence-corrected chi connectivity index (χ2v) is 4.08. The van der Waals surface area contributed by atoms with E-state index in [9.17, 15) is 13.2 Å². The average Bonchev–Trinajstić information content (AvgIpc) is 2.14. The monoisotopic (exact) mass is 248 g/mol. The summed E-state index contributed by atoms with van der Waals surface area (Å²) < 4.78 is 43.0. The van der Waals surface area contributed by atoms with Gasteiger partial charge in [-0.25, -0.2) is 4.98 Å². The van der Waals surface area contributed by atoms with Crippen molar-refractivity contribution in [3.05, 3.63) is 23.9 Å². The Hall–Kier alpha value is -1.30. The van der Waals surface area contributed by atoms with E-state index >= 15 is 0 Å². The Balaban J connectivity index is 2.79. The van der Waals surface area contributed by atoms with Crippen LogP contribution in [0.3, 0.4) is 0 Å². The molecule has 0 amide bonds. The molecule has 0 spiro atoms. The summed E-state index contributed by atoms with van der Waals surface area (Å²) in [7, 11) is 3.12. The van der Waals surface area contributed by atoms with Gasteiger partial charge in [-0.15, -0.1) is 0 Å². The SMILES string of the molecule is Cc1ccnc(O[C@H](CN(C)C)C(F)(F)F)c1. The quantitative estimate of drug-likeness (QED) is 0.817. The Morgan fingerprint density at radius 3 is 2.53 bits per heavy atom. The molecule has 1 aromatic rings. The lowest BCUT2D eigenvalue weighted by atomic mass is 10.3. The van der Waals surface area contributed by atoms with Crippen LogP contribution in [-0.4, -0.2) is 42.8 Å². The summed E-state index contributed by atoms with van der Waals surface area (Å²) >= 11 is 0. The minimum Gasteiger partial charge on any atom is -0.463 e. The van der Waals surface area contributed by atoms with Crippen LogP contribution in [0, 0.1) is 6.92 Å². The van der Waals surface area contributed by atoms with E-state index in [1.165, 1.54) is 17.2 Å². The van der Waals surface area contributed by atoms with Crippen LogP contribution in [-0.2, 0) is 0 Å². The van der Waals surface area contributed by atoms with Crippen LogP contribution in [0.4, 0.5) is 13.2 Å². The van der Waals surface area contributed by atoms with Crippen LogP contribution >= 0.6 is 0 Å². The van der Waals surface area contributed by atoms with Gasteiger partial charge in [0.25, 0.3) is 0 Å². The number of hydrogen-bond acceptors (Lipinski definition) is 3. The average molecular weight is 248 g/mol. The number of halogens is 3. The zero-order valence-corrected chi connectivity index (χ0v) is 9.95. The predicted octanol–water partition coefficient (Wildman–Crippen LogP) is 2.26. The second-order valence-electron chi connectivity index (χ2n) is 4.08. The molecule has 1 rings (SSSR count).